The molecule has 3 amide bonds. The van der Waals surface area contributed by atoms with Crippen LogP contribution in [0.2, 0.25) is 0 Å². The number of amides is 3. The van der Waals surface area contributed by atoms with Crippen LogP contribution < -0.4 is 5.32 Å². The van der Waals surface area contributed by atoms with Gasteiger partial charge in [-0.25, -0.2) is 6.57 Å². The third kappa shape index (κ3) is 4.10. The largest absolute Gasteiger partial charge is 0.328 e. The molecule has 1 fully saturated rings. The molecule has 2 aliphatic rings. The summed E-state index contributed by atoms with van der Waals surface area (Å²) in [6, 6.07) is 16.0. The zero-order valence-electron chi connectivity index (χ0n) is 21.1. The highest BCUT2D eigenvalue weighted by Gasteiger charge is 2.59. The van der Waals surface area contributed by atoms with Gasteiger partial charge in [0.1, 0.15) is 17.2 Å². The van der Waals surface area contributed by atoms with Gasteiger partial charge in [0, 0.05) is 30.9 Å². The molecular weight excluding hydrogens is 466 g/mol. The summed E-state index contributed by atoms with van der Waals surface area (Å²) in [4.78, 5) is 51.7. The summed E-state index contributed by atoms with van der Waals surface area (Å²) in [5.41, 5.74) is 0.825. The van der Waals surface area contributed by atoms with Crippen molar-refractivity contribution >= 4 is 34.2 Å². The second-order valence-electron chi connectivity index (χ2n) is 10.3. The highest BCUT2D eigenvalue weighted by Crippen LogP contribution is 2.47. The van der Waals surface area contributed by atoms with Gasteiger partial charge in [0.15, 0.2) is 0 Å². The fourth-order valence-electron chi connectivity index (χ4n) is 5.54. The van der Waals surface area contributed by atoms with Gasteiger partial charge in [-0.3, -0.25) is 29.1 Å². The summed E-state index contributed by atoms with van der Waals surface area (Å²) < 4.78 is 0. The van der Waals surface area contributed by atoms with Crippen LogP contribution in [-0.4, -0.2) is 58.3 Å². The van der Waals surface area contributed by atoms with E-state index in [2.05, 4.69) is 15.1 Å². The Morgan fingerprint density at radius 3 is 2.62 bits per heavy atom. The topological polar surface area (TPSA) is 87.0 Å². The molecule has 1 spiro atoms. The van der Waals surface area contributed by atoms with E-state index >= 15 is 0 Å². The summed E-state index contributed by atoms with van der Waals surface area (Å²) in [6.45, 7) is 11.9. The van der Waals surface area contributed by atoms with Crippen LogP contribution in [0.15, 0.2) is 60.8 Å². The van der Waals surface area contributed by atoms with Gasteiger partial charge in [-0.05, 0) is 35.4 Å². The number of pyridine rings is 1. The lowest BCUT2D eigenvalue weighted by atomic mass is 9.80. The Balaban J connectivity index is 1.46. The average Bonchev–Trinajstić information content (AvgIpc) is 3.43. The Hall–Kier alpha value is -4.25. The Morgan fingerprint density at radius 2 is 1.89 bits per heavy atom. The van der Waals surface area contributed by atoms with Gasteiger partial charge in [0.25, 0.3) is 11.8 Å². The van der Waals surface area contributed by atoms with Crippen molar-refractivity contribution in [3.8, 4) is 0 Å². The fraction of sp³-hybridized carbons (Fsp3) is 0.345. The molecule has 0 unspecified atom stereocenters. The molecule has 37 heavy (non-hydrogen) atoms. The molecule has 0 bridgehead atoms. The highest BCUT2D eigenvalue weighted by molar-refractivity contribution is 6.07. The van der Waals surface area contributed by atoms with Crippen molar-refractivity contribution in [1.82, 2.24) is 14.8 Å². The maximum Gasteiger partial charge on any atom is 0.302 e. The minimum absolute atomic E-state index is 0.104. The molecule has 0 saturated carbocycles. The Kier molecular flexibility index (Phi) is 6.16. The van der Waals surface area contributed by atoms with Crippen molar-refractivity contribution in [2.45, 2.75) is 44.3 Å². The van der Waals surface area contributed by atoms with E-state index in [9.17, 15) is 14.4 Å². The van der Waals surface area contributed by atoms with Crippen LogP contribution in [0.1, 0.15) is 42.7 Å². The van der Waals surface area contributed by atoms with Gasteiger partial charge in [-0.15, -0.1) is 0 Å². The van der Waals surface area contributed by atoms with Crippen LogP contribution in [0.5, 0.6) is 0 Å². The average molecular weight is 496 g/mol. The van der Waals surface area contributed by atoms with Gasteiger partial charge in [0.05, 0.1) is 6.42 Å². The lowest BCUT2D eigenvalue weighted by Gasteiger charge is -2.32. The van der Waals surface area contributed by atoms with E-state index in [1.807, 2.05) is 62.4 Å². The number of para-hydroxylation sites is 1. The molecule has 1 aromatic heterocycles. The number of benzene rings is 2. The lowest BCUT2D eigenvalue weighted by molar-refractivity contribution is -0.136. The van der Waals surface area contributed by atoms with Gasteiger partial charge in [-0.1, -0.05) is 56.3 Å². The molecular formula is C29H29N5O3. The molecule has 2 aliphatic heterocycles. The number of hydrogen-bond donors (Lipinski definition) is 1. The molecule has 8 heteroatoms. The molecule has 3 atom stereocenters. The second kappa shape index (κ2) is 9.32. The van der Waals surface area contributed by atoms with E-state index in [-0.39, 0.29) is 42.3 Å². The first kappa shape index (κ1) is 24.4. The highest BCUT2D eigenvalue weighted by atomic mass is 16.2. The first-order valence-corrected chi connectivity index (χ1v) is 12.4. The quantitative estimate of drug-likeness (QED) is 0.540. The molecule has 188 valence electrons. The van der Waals surface area contributed by atoms with Crippen LogP contribution in [-0.2, 0) is 15.0 Å². The molecule has 0 radical (unpaired) electrons. The van der Waals surface area contributed by atoms with Gasteiger partial charge in [-0.2, -0.15) is 0 Å². The standard InChI is InChI=1S/C29H29N5O3/c1-18(2)13-24(33(4)26(35)23-14-19-9-5-6-10-20(19)16-31-23)27(36)34-17-29(15-25(34)30-3)21-11-7-8-12-22(21)32-28(29)37/h5-12,14,16,18,24-25H,13,15,17H2,1-2,4H3,(H,32,37)/t24-,25-,29-/m0/s1. The lowest BCUT2D eigenvalue weighted by Crippen LogP contribution is -2.51. The van der Waals surface area contributed by atoms with Crippen LogP contribution >= 0.6 is 0 Å². The van der Waals surface area contributed by atoms with E-state index < -0.39 is 17.6 Å². The minimum Gasteiger partial charge on any atom is -0.328 e. The third-order valence-electron chi connectivity index (χ3n) is 7.51. The maximum atomic E-state index is 14.0. The zero-order chi connectivity index (χ0) is 26.3. The van der Waals surface area contributed by atoms with Crippen molar-refractivity contribution in [2.75, 3.05) is 18.9 Å². The Labute approximate surface area is 216 Å². The molecule has 1 N–H and O–H groups in total. The van der Waals surface area contributed by atoms with Crippen LogP contribution in [0.3, 0.4) is 0 Å². The number of anilines is 1. The number of likely N-dealkylation sites (tertiary alicyclic amines) is 1. The summed E-state index contributed by atoms with van der Waals surface area (Å²) in [5.74, 6) is -0.752. The zero-order valence-corrected chi connectivity index (χ0v) is 21.1. The SMILES string of the molecule is [C-]#[N+][C@@H]1C[C@@]2(CN1C(=O)[C@H](CC(C)C)N(C)C(=O)c1cc3ccccc3cn1)C(=O)Nc1ccccc12. The number of aromatic nitrogens is 1. The number of carbonyl (C=O) groups excluding carboxylic acids is 3. The first-order valence-electron chi connectivity index (χ1n) is 12.4. The molecule has 5 rings (SSSR count). The molecule has 1 saturated heterocycles. The Morgan fingerprint density at radius 1 is 1.19 bits per heavy atom. The predicted molar refractivity (Wildman–Crippen MR) is 141 cm³/mol. The van der Waals surface area contributed by atoms with Crippen molar-refractivity contribution in [2.24, 2.45) is 5.92 Å². The third-order valence-corrected chi connectivity index (χ3v) is 7.51. The van der Waals surface area contributed by atoms with E-state index in [4.69, 9.17) is 6.57 Å². The number of nitrogens with one attached hydrogen (secondary N) is 1. The maximum absolute atomic E-state index is 14.0. The fourth-order valence-corrected chi connectivity index (χ4v) is 5.54. The number of fused-ring (bicyclic) bond motifs is 3. The summed E-state index contributed by atoms with van der Waals surface area (Å²) in [6.07, 6.45) is 1.52. The monoisotopic (exact) mass is 495 g/mol. The van der Waals surface area contributed by atoms with Crippen LogP contribution in [0, 0.1) is 12.5 Å². The van der Waals surface area contributed by atoms with E-state index in [1.165, 1.54) is 9.80 Å². The van der Waals surface area contributed by atoms with Crippen molar-refractivity contribution in [1.29, 1.82) is 0 Å². The van der Waals surface area contributed by atoms with E-state index in [0.717, 1.165) is 22.0 Å². The normalized spacial score (nSPS) is 21.1. The number of carbonyl (C=O) groups is 3. The number of rotatable bonds is 5. The van der Waals surface area contributed by atoms with Gasteiger partial charge in [0.2, 0.25) is 5.91 Å². The van der Waals surface area contributed by atoms with Crippen LogP contribution in [0.4, 0.5) is 5.69 Å². The smallest absolute Gasteiger partial charge is 0.302 e. The van der Waals surface area contributed by atoms with Gasteiger partial charge < -0.3 is 10.2 Å². The predicted octanol–water partition coefficient (Wildman–Crippen LogP) is 4.09. The summed E-state index contributed by atoms with van der Waals surface area (Å²) >= 11 is 0. The molecule has 2 aromatic carbocycles. The number of nitrogens with zero attached hydrogens (tertiary/aromatic N) is 4. The van der Waals surface area contributed by atoms with E-state index in [1.54, 1.807) is 19.3 Å². The van der Waals surface area contributed by atoms with Crippen molar-refractivity contribution < 1.29 is 14.4 Å². The first-order chi connectivity index (χ1) is 17.7. The van der Waals surface area contributed by atoms with Crippen molar-refractivity contribution in [3.05, 3.63) is 83.5 Å². The van der Waals surface area contributed by atoms with E-state index in [0.29, 0.717) is 6.42 Å². The summed E-state index contributed by atoms with van der Waals surface area (Å²) in [5, 5.41) is 4.74. The number of likely N-dealkylation sites (N-methyl/N-ethyl adjacent to an activating group) is 1. The molecule has 3 heterocycles. The summed E-state index contributed by atoms with van der Waals surface area (Å²) in [7, 11) is 1.61. The van der Waals surface area contributed by atoms with Crippen LogP contribution in [0.25, 0.3) is 15.6 Å². The Bertz CT molecular complexity index is 1440. The molecule has 3 aromatic rings. The minimum atomic E-state index is -0.966. The van der Waals surface area contributed by atoms with Gasteiger partial charge >= 0.3 is 6.17 Å². The molecule has 8 nitrogen and oxygen atoms in total. The molecule has 0 aliphatic carbocycles. The second-order valence-corrected chi connectivity index (χ2v) is 10.3. The number of hydrogen-bond acceptors (Lipinski definition) is 4. The van der Waals surface area contributed by atoms with Crippen molar-refractivity contribution in [3.63, 3.8) is 0 Å².